The lowest BCUT2D eigenvalue weighted by atomic mass is 10.2. The topological polar surface area (TPSA) is 50.8 Å². The second-order valence-electron chi connectivity index (χ2n) is 5.41. The predicted octanol–water partition coefficient (Wildman–Crippen LogP) is 3.43. The smallest absolute Gasteiger partial charge is 0.238 e. The number of amides is 1. The molecule has 0 aliphatic rings. The van der Waals surface area contributed by atoms with E-state index in [1.54, 1.807) is 32.4 Å². The lowest BCUT2D eigenvalue weighted by Crippen LogP contribution is -2.29. The van der Waals surface area contributed by atoms with Crippen molar-refractivity contribution in [2.24, 2.45) is 0 Å². The Kier molecular flexibility index (Phi) is 6.46. The molecule has 0 fully saturated rings. The molecule has 0 aliphatic heterocycles. The zero-order chi connectivity index (χ0) is 17.5. The molecule has 128 valence electrons. The number of hydrogen-bond donors (Lipinski definition) is 1. The molecule has 0 unspecified atom stereocenters. The van der Waals surface area contributed by atoms with E-state index in [2.05, 4.69) is 5.32 Å². The lowest BCUT2D eigenvalue weighted by Gasteiger charge is -2.17. The average Bonchev–Trinajstić information content (AvgIpc) is 2.55. The van der Waals surface area contributed by atoms with Gasteiger partial charge in [-0.05, 0) is 42.9 Å². The van der Waals surface area contributed by atoms with E-state index in [-0.39, 0.29) is 12.5 Å². The van der Waals surface area contributed by atoms with Crippen molar-refractivity contribution in [1.29, 1.82) is 0 Å². The SMILES string of the molecule is COc1ccc(CN(C)CC(=O)Nc2cc(Cl)ccc2OC)cc1. The molecule has 0 aromatic heterocycles. The van der Waals surface area contributed by atoms with Crippen LogP contribution in [0.4, 0.5) is 5.69 Å². The van der Waals surface area contributed by atoms with Crippen molar-refractivity contribution < 1.29 is 14.3 Å². The number of carbonyl (C=O) groups is 1. The van der Waals surface area contributed by atoms with E-state index >= 15 is 0 Å². The summed E-state index contributed by atoms with van der Waals surface area (Å²) in [6.45, 7) is 0.909. The number of carbonyl (C=O) groups excluding carboxylic acids is 1. The van der Waals surface area contributed by atoms with Crippen molar-refractivity contribution >= 4 is 23.2 Å². The Labute approximate surface area is 147 Å². The van der Waals surface area contributed by atoms with Crippen LogP contribution in [0.2, 0.25) is 5.02 Å². The van der Waals surface area contributed by atoms with Crippen molar-refractivity contribution in [3.63, 3.8) is 0 Å². The summed E-state index contributed by atoms with van der Waals surface area (Å²) >= 11 is 5.97. The number of anilines is 1. The largest absolute Gasteiger partial charge is 0.497 e. The summed E-state index contributed by atoms with van der Waals surface area (Å²) in [4.78, 5) is 14.1. The molecule has 24 heavy (non-hydrogen) atoms. The molecule has 0 aliphatic carbocycles. The highest BCUT2D eigenvalue weighted by molar-refractivity contribution is 6.31. The van der Waals surface area contributed by atoms with Gasteiger partial charge in [0.2, 0.25) is 5.91 Å². The predicted molar refractivity (Wildman–Crippen MR) is 96.0 cm³/mol. The Morgan fingerprint density at radius 1 is 1.12 bits per heavy atom. The molecule has 2 aromatic rings. The van der Waals surface area contributed by atoms with E-state index < -0.39 is 0 Å². The highest BCUT2D eigenvalue weighted by atomic mass is 35.5. The maximum absolute atomic E-state index is 12.2. The van der Waals surface area contributed by atoms with Crippen LogP contribution in [0.5, 0.6) is 11.5 Å². The molecule has 1 N–H and O–H groups in total. The highest BCUT2D eigenvalue weighted by Gasteiger charge is 2.11. The summed E-state index contributed by atoms with van der Waals surface area (Å²) in [5, 5.41) is 3.37. The van der Waals surface area contributed by atoms with E-state index in [1.807, 2.05) is 36.2 Å². The first kappa shape index (κ1) is 18.1. The zero-order valence-electron chi connectivity index (χ0n) is 14.0. The summed E-state index contributed by atoms with van der Waals surface area (Å²) in [6.07, 6.45) is 0. The number of nitrogens with zero attached hydrogens (tertiary/aromatic N) is 1. The second kappa shape index (κ2) is 8.57. The van der Waals surface area contributed by atoms with Gasteiger partial charge in [-0.3, -0.25) is 9.69 Å². The van der Waals surface area contributed by atoms with Gasteiger partial charge in [-0.25, -0.2) is 0 Å². The van der Waals surface area contributed by atoms with Gasteiger partial charge in [0.15, 0.2) is 0 Å². The number of nitrogens with one attached hydrogen (secondary N) is 1. The monoisotopic (exact) mass is 348 g/mol. The zero-order valence-corrected chi connectivity index (χ0v) is 14.8. The van der Waals surface area contributed by atoms with Gasteiger partial charge in [-0.2, -0.15) is 0 Å². The third-order valence-electron chi connectivity index (χ3n) is 3.46. The van der Waals surface area contributed by atoms with Crippen LogP contribution in [0.1, 0.15) is 5.56 Å². The quantitative estimate of drug-likeness (QED) is 0.833. The Morgan fingerprint density at radius 3 is 2.46 bits per heavy atom. The minimum atomic E-state index is -0.133. The molecular weight excluding hydrogens is 328 g/mol. The Hall–Kier alpha value is -2.24. The van der Waals surface area contributed by atoms with E-state index in [0.29, 0.717) is 23.0 Å². The van der Waals surface area contributed by atoms with Gasteiger partial charge >= 0.3 is 0 Å². The summed E-state index contributed by atoms with van der Waals surface area (Å²) in [6, 6.07) is 12.9. The van der Waals surface area contributed by atoms with Crippen molar-refractivity contribution in [3.8, 4) is 11.5 Å². The molecule has 5 nitrogen and oxygen atoms in total. The minimum Gasteiger partial charge on any atom is -0.497 e. The maximum atomic E-state index is 12.2. The van der Waals surface area contributed by atoms with Crippen LogP contribution in [0, 0.1) is 0 Å². The molecule has 1 amide bonds. The van der Waals surface area contributed by atoms with E-state index in [9.17, 15) is 4.79 Å². The molecule has 2 aromatic carbocycles. The van der Waals surface area contributed by atoms with Gasteiger partial charge in [0, 0.05) is 11.6 Å². The summed E-state index contributed by atoms with van der Waals surface area (Å²) in [5.41, 5.74) is 1.67. The summed E-state index contributed by atoms with van der Waals surface area (Å²) in [5.74, 6) is 1.25. The van der Waals surface area contributed by atoms with Crippen LogP contribution in [0.25, 0.3) is 0 Å². The standard InChI is InChI=1S/C18H21ClN2O3/c1-21(11-13-4-7-15(23-2)8-5-13)12-18(22)20-16-10-14(19)6-9-17(16)24-3/h4-10H,11-12H2,1-3H3,(H,20,22). The second-order valence-corrected chi connectivity index (χ2v) is 5.85. The normalized spacial score (nSPS) is 10.5. The van der Waals surface area contributed by atoms with Crippen molar-refractivity contribution in [2.45, 2.75) is 6.54 Å². The van der Waals surface area contributed by atoms with Gasteiger partial charge in [0.25, 0.3) is 0 Å². The van der Waals surface area contributed by atoms with Gasteiger partial charge in [0.1, 0.15) is 11.5 Å². The van der Waals surface area contributed by atoms with Crippen molar-refractivity contribution in [2.75, 3.05) is 33.1 Å². The van der Waals surface area contributed by atoms with Gasteiger partial charge < -0.3 is 14.8 Å². The van der Waals surface area contributed by atoms with Crippen molar-refractivity contribution in [3.05, 3.63) is 53.1 Å². The van der Waals surface area contributed by atoms with Crippen LogP contribution in [0.3, 0.4) is 0 Å². The first-order valence-electron chi connectivity index (χ1n) is 7.46. The van der Waals surface area contributed by atoms with Gasteiger partial charge in [-0.15, -0.1) is 0 Å². The van der Waals surface area contributed by atoms with Crippen LogP contribution >= 0.6 is 11.6 Å². The van der Waals surface area contributed by atoms with E-state index in [1.165, 1.54) is 0 Å². The fourth-order valence-electron chi connectivity index (χ4n) is 2.31. The number of benzene rings is 2. The maximum Gasteiger partial charge on any atom is 0.238 e. The fourth-order valence-corrected chi connectivity index (χ4v) is 2.48. The van der Waals surface area contributed by atoms with E-state index in [4.69, 9.17) is 21.1 Å². The molecule has 0 spiro atoms. The molecule has 0 saturated carbocycles. The van der Waals surface area contributed by atoms with Crippen LogP contribution < -0.4 is 14.8 Å². The molecular formula is C18H21ClN2O3. The van der Waals surface area contributed by atoms with Crippen LogP contribution in [-0.2, 0) is 11.3 Å². The minimum absolute atomic E-state index is 0.133. The average molecular weight is 349 g/mol. The molecule has 0 heterocycles. The summed E-state index contributed by atoms with van der Waals surface area (Å²) in [7, 11) is 5.07. The third-order valence-corrected chi connectivity index (χ3v) is 3.70. The van der Waals surface area contributed by atoms with Gasteiger partial charge in [0.05, 0.1) is 26.5 Å². The van der Waals surface area contributed by atoms with Gasteiger partial charge in [-0.1, -0.05) is 23.7 Å². The number of methoxy groups -OCH3 is 2. The first-order valence-corrected chi connectivity index (χ1v) is 7.84. The Morgan fingerprint density at radius 2 is 1.83 bits per heavy atom. The van der Waals surface area contributed by atoms with Crippen LogP contribution in [0.15, 0.2) is 42.5 Å². The first-order chi connectivity index (χ1) is 11.5. The Balaban J connectivity index is 1.92. The third kappa shape index (κ3) is 5.15. The lowest BCUT2D eigenvalue weighted by molar-refractivity contribution is -0.117. The molecule has 0 atom stereocenters. The number of halogens is 1. The van der Waals surface area contributed by atoms with Crippen LogP contribution in [-0.4, -0.2) is 38.6 Å². The number of hydrogen-bond acceptors (Lipinski definition) is 4. The molecule has 0 saturated heterocycles. The van der Waals surface area contributed by atoms with E-state index in [0.717, 1.165) is 11.3 Å². The highest BCUT2D eigenvalue weighted by Crippen LogP contribution is 2.27. The summed E-state index contributed by atoms with van der Waals surface area (Å²) < 4.78 is 10.4. The fraction of sp³-hybridized carbons (Fsp3) is 0.278. The molecule has 6 heteroatoms. The number of rotatable bonds is 7. The molecule has 0 radical (unpaired) electrons. The number of ether oxygens (including phenoxy) is 2. The molecule has 2 rings (SSSR count). The molecule has 0 bridgehead atoms. The van der Waals surface area contributed by atoms with Crippen molar-refractivity contribution in [1.82, 2.24) is 4.90 Å². The Bertz CT molecular complexity index is 689. The number of likely N-dealkylation sites (N-methyl/N-ethyl adjacent to an activating group) is 1.